The maximum atomic E-state index is 9.88. The van der Waals surface area contributed by atoms with Crippen molar-refractivity contribution in [3.8, 4) is 0 Å². The molecule has 0 aliphatic rings. The number of halogens is 1. The number of rotatable bonds is 3. The Bertz CT molecular complexity index is 450. The van der Waals surface area contributed by atoms with Gasteiger partial charge in [-0.1, -0.05) is 0 Å². The summed E-state index contributed by atoms with van der Waals surface area (Å²) in [6, 6.07) is 3.64. The molecule has 0 saturated carbocycles. The van der Waals surface area contributed by atoms with Crippen molar-refractivity contribution in [3.63, 3.8) is 0 Å². The standard InChI is InChI=1S/C10H11BrN2O2/c1-13-4-2-7(12-13)6-9(14)10-8(11)3-5-15-10/h2-5,9,14H,6H2,1H3. The highest BCUT2D eigenvalue weighted by molar-refractivity contribution is 9.10. The minimum atomic E-state index is -0.663. The van der Waals surface area contributed by atoms with Crippen LogP contribution in [0.2, 0.25) is 0 Å². The summed E-state index contributed by atoms with van der Waals surface area (Å²) < 4.78 is 7.66. The SMILES string of the molecule is Cn1ccc(CC(O)c2occc2Br)n1. The molecule has 1 atom stereocenters. The Labute approximate surface area is 95.6 Å². The molecule has 4 nitrogen and oxygen atoms in total. The van der Waals surface area contributed by atoms with Crippen molar-refractivity contribution in [1.82, 2.24) is 9.78 Å². The zero-order valence-corrected chi connectivity index (χ0v) is 9.81. The summed E-state index contributed by atoms with van der Waals surface area (Å²) in [5.74, 6) is 0.542. The van der Waals surface area contributed by atoms with E-state index in [1.807, 2.05) is 19.3 Å². The predicted octanol–water partition coefficient (Wildman–Crippen LogP) is 2.05. The number of aliphatic hydroxyl groups excluding tert-OH is 1. The number of hydrogen-bond donors (Lipinski definition) is 1. The third-order valence-electron chi connectivity index (χ3n) is 2.12. The quantitative estimate of drug-likeness (QED) is 0.929. The first-order valence-electron chi connectivity index (χ1n) is 4.56. The van der Waals surface area contributed by atoms with Crippen molar-refractivity contribution in [2.24, 2.45) is 7.05 Å². The third kappa shape index (κ3) is 2.30. The van der Waals surface area contributed by atoms with E-state index in [1.54, 1.807) is 17.0 Å². The summed E-state index contributed by atoms with van der Waals surface area (Å²) in [4.78, 5) is 0. The molecule has 0 spiro atoms. The smallest absolute Gasteiger partial charge is 0.146 e. The van der Waals surface area contributed by atoms with Gasteiger partial charge >= 0.3 is 0 Å². The fourth-order valence-electron chi connectivity index (χ4n) is 1.41. The molecule has 0 fully saturated rings. The Balaban J connectivity index is 2.10. The van der Waals surface area contributed by atoms with Gasteiger partial charge in [-0.25, -0.2) is 0 Å². The van der Waals surface area contributed by atoms with Gasteiger partial charge in [-0.15, -0.1) is 0 Å². The second-order valence-corrected chi connectivity index (χ2v) is 4.19. The third-order valence-corrected chi connectivity index (χ3v) is 2.77. The van der Waals surface area contributed by atoms with Gasteiger partial charge in [0.05, 0.1) is 16.4 Å². The summed E-state index contributed by atoms with van der Waals surface area (Å²) in [6.45, 7) is 0. The molecule has 1 N–H and O–H groups in total. The lowest BCUT2D eigenvalue weighted by molar-refractivity contribution is 0.148. The lowest BCUT2D eigenvalue weighted by Crippen LogP contribution is -2.02. The van der Waals surface area contributed by atoms with Gasteiger partial charge < -0.3 is 9.52 Å². The fraction of sp³-hybridized carbons (Fsp3) is 0.300. The molecule has 2 rings (SSSR count). The predicted molar refractivity (Wildman–Crippen MR) is 58.3 cm³/mol. The summed E-state index contributed by atoms with van der Waals surface area (Å²) >= 11 is 3.31. The maximum absolute atomic E-state index is 9.88. The number of furan rings is 1. The second-order valence-electron chi connectivity index (χ2n) is 3.33. The van der Waals surface area contributed by atoms with Crippen LogP contribution < -0.4 is 0 Å². The Morgan fingerprint density at radius 3 is 2.93 bits per heavy atom. The molecule has 2 aromatic heterocycles. The van der Waals surface area contributed by atoms with Crippen LogP contribution in [0.3, 0.4) is 0 Å². The van der Waals surface area contributed by atoms with Crippen LogP contribution in [0.4, 0.5) is 0 Å². The monoisotopic (exact) mass is 270 g/mol. The van der Waals surface area contributed by atoms with E-state index in [-0.39, 0.29) is 0 Å². The molecule has 1 unspecified atom stereocenters. The van der Waals surface area contributed by atoms with Crippen molar-refractivity contribution in [2.45, 2.75) is 12.5 Å². The normalized spacial score (nSPS) is 13.0. The van der Waals surface area contributed by atoms with E-state index < -0.39 is 6.10 Å². The van der Waals surface area contributed by atoms with Gasteiger partial charge in [0, 0.05) is 19.7 Å². The first kappa shape index (κ1) is 10.4. The molecule has 0 bridgehead atoms. The fourth-order valence-corrected chi connectivity index (χ4v) is 1.87. The maximum Gasteiger partial charge on any atom is 0.146 e. The Morgan fingerprint density at radius 2 is 2.40 bits per heavy atom. The molecule has 2 aromatic rings. The molecule has 0 radical (unpaired) electrons. The van der Waals surface area contributed by atoms with Crippen LogP contribution in [0, 0.1) is 0 Å². The molecule has 15 heavy (non-hydrogen) atoms. The average molecular weight is 271 g/mol. The molecular weight excluding hydrogens is 260 g/mol. The summed E-state index contributed by atoms with van der Waals surface area (Å²) in [5, 5.41) is 14.1. The lowest BCUT2D eigenvalue weighted by atomic mass is 10.1. The minimum absolute atomic E-state index is 0.451. The van der Waals surface area contributed by atoms with Crippen LogP contribution in [0.5, 0.6) is 0 Å². The molecule has 0 saturated heterocycles. The van der Waals surface area contributed by atoms with Crippen LogP contribution in [0.25, 0.3) is 0 Å². The van der Waals surface area contributed by atoms with Crippen LogP contribution >= 0.6 is 15.9 Å². The van der Waals surface area contributed by atoms with Crippen molar-refractivity contribution < 1.29 is 9.52 Å². The largest absolute Gasteiger partial charge is 0.465 e. The van der Waals surface area contributed by atoms with E-state index in [2.05, 4.69) is 21.0 Å². The van der Waals surface area contributed by atoms with E-state index in [9.17, 15) is 5.11 Å². The number of nitrogens with zero attached hydrogens (tertiary/aromatic N) is 2. The highest BCUT2D eigenvalue weighted by Gasteiger charge is 2.16. The molecule has 0 aromatic carbocycles. The van der Waals surface area contributed by atoms with Gasteiger partial charge in [-0.2, -0.15) is 5.10 Å². The summed E-state index contributed by atoms with van der Waals surface area (Å²) in [7, 11) is 1.85. The molecular formula is C10H11BrN2O2. The van der Waals surface area contributed by atoms with Gasteiger partial charge in [0.15, 0.2) is 0 Å². The van der Waals surface area contributed by atoms with Gasteiger partial charge in [0.25, 0.3) is 0 Å². The number of hydrogen-bond acceptors (Lipinski definition) is 3. The second kappa shape index (κ2) is 4.20. The van der Waals surface area contributed by atoms with Crippen LogP contribution in [0.15, 0.2) is 33.5 Å². The van der Waals surface area contributed by atoms with Crippen molar-refractivity contribution in [2.75, 3.05) is 0 Å². The Kier molecular flexibility index (Phi) is 2.93. The van der Waals surface area contributed by atoms with Gasteiger partial charge in [0.2, 0.25) is 0 Å². The van der Waals surface area contributed by atoms with Gasteiger partial charge in [-0.3, -0.25) is 4.68 Å². The Morgan fingerprint density at radius 1 is 1.60 bits per heavy atom. The summed E-state index contributed by atoms with van der Waals surface area (Å²) in [5.41, 5.74) is 0.841. The van der Waals surface area contributed by atoms with Gasteiger partial charge in [0.1, 0.15) is 11.9 Å². The summed E-state index contributed by atoms with van der Waals surface area (Å²) in [6.07, 6.45) is 3.18. The Hall–Kier alpha value is -1.07. The van der Waals surface area contributed by atoms with E-state index in [0.29, 0.717) is 12.2 Å². The van der Waals surface area contributed by atoms with Crippen molar-refractivity contribution in [1.29, 1.82) is 0 Å². The highest BCUT2D eigenvalue weighted by Crippen LogP contribution is 2.26. The molecule has 80 valence electrons. The number of aromatic nitrogens is 2. The first-order chi connectivity index (χ1) is 7.16. The molecule has 5 heteroatoms. The van der Waals surface area contributed by atoms with Crippen LogP contribution in [-0.2, 0) is 13.5 Å². The highest BCUT2D eigenvalue weighted by atomic mass is 79.9. The molecule has 0 aliphatic heterocycles. The van der Waals surface area contributed by atoms with E-state index in [4.69, 9.17) is 4.42 Å². The van der Waals surface area contributed by atoms with Crippen molar-refractivity contribution >= 4 is 15.9 Å². The lowest BCUT2D eigenvalue weighted by Gasteiger charge is -2.05. The first-order valence-corrected chi connectivity index (χ1v) is 5.35. The van der Waals surface area contributed by atoms with Gasteiger partial charge in [-0.05, 0) is 28.1 Å². The zero-order valence-electron chi connectivity index (χ0n) is 8.22. The molecule has 0 amide bonds. The van der Waals surface area contributed by atoms with Crippen LogP contribution in [-0.4, -0.2) is 14.9 Å². The average Bonchev–Trinajstić information content (AvgIpc) is 2.75. The zero-order chi connectivity index (χ0) is 10.8. The molecule has 2 heterocycles. The van der Waals surface area contributed by atoms with E-state index in [0.717, 1.165) is 10.2 Å². The molecule has 0 aliphatic carbocycles. The number of aryl methyl sites for hydroxylation is 1. The number of aliphatic hydroxyl groups is 1. The van der Waals surface area contributed by atoms with Crippen molar-refractivity contribution in [3.05, 3.63) is 40.5 Å². The minimum Gasteiger partial charge on any atom is -0.465 e. The van der Waals surface area contributed by atoms with Crippen LogP contribution in [0.1, 0.15) is 17.6 Å². The van der Waals surface area contributed by atoms with E-state index in [1.165, 1.54) is 0 Å². The topological polar surface area (TPSA) is 51.2 Å². The van der Waals surface area contributed by atoms with E-state index >= 15 is 0 Å².